The lowest BCUT2D eigenvalue weighted by atomic mass is 10.1. The highest BCUT2D eigenvalue weighted by atomic mass is 35.5. The second kappa shape index (κ2) is 9.92. The van der Waals surface area contributed by atoms with Crippen LogP contribution in [-0.4, -0.2) is 32.2 Å². The minimum absolute atomic E-state index is 0.00118. The summed E-state index contributed by atoms with van der Waals surface area (Å²) in [6.07, 6.45) is 4.87. The third-order valence-corrected chi connectivity index (χ3v) is 5.49. The maximum Gasteiger partial charge on any atom is 0.307 e. The SMILES string of the molecule is Cc1cc(CC(=O)O)ccc1OCCCc1oc(-n2ccnc2C)nc1-c1ccc(Cl)cc1. The van der Waals surface area contributed by atoms with Crippen molar-refractivity contribution in [1.82, 2.24) is 14.5 Å². The second-order valence-corrected chi connectivity index (χ2v) is 8.18. The van der Waals surface area contributed by atoms with Gasteiger partial charge < -0.3 is 14.3 Å². The summed E-state index contributed by atoms with van der Waals surface area (Å²) in [5.41, 5.74) is 3.36. The fourth-order valence-corrected chi connectivity index (χ4v) is 3.72. The van der Waals surface area contributed by atoms with Crippen LogP contribution in [0.4, 0.5) is 0 Å². The summed E-state index contributed by atoms with van der Waals surface area (Å²) in [6, 6.07) is 13.4. The molecule has 4 aromatic rings. The Morgan fingerprint density at radius 3 is 2.64 bits per heavy atom. The molecule has 2 heterocycles. The van der Waals surface area contributed by atoms with Crippen molar-refractivity contribution in [3.05, 3.63) is 82.6 Å². The molecule has 4 rings (SSSR count). The minimum Gasteiger partial charge on any atom is -0.493 e. The summed E-state index contributed by atoms with van der Waals surface area (Å²) in [7, 11) is 0. The number of halogens is 1. The fraction of sp³-hybridized carbons (Fsp3) is 0.240. The van der Waals surface area contributed by atoms with Gasteiger partial charge in [0.2, 0.25) is 0 Å². The first kappa shape index (κ1) is 22.6. The highest BCUT2D eigenvalue weighted by Crippen LogP contribution is 2.28. The van der Waals surface area contributed by atoms with Gasteiger partial charge in [0.05, 0.1) is 13.0 Å². The number of rotatable bonds is 9. The minimum atomic E-state index is -0.850. The number of carboxylic acids is 1. The summed E-state index contributed by atoms with van der Waals surface area (Å²) in [5, 5.41) is 9.61. The maximum atomic E-state index is 10.9. The smallest absolute Gasteiger partial charge is 0.307 e. The number of benzene rings is 2. The number of aliphatic carboxylic acids is 1. The van der Waals surface area contributed by atoms with Crippen molar-refractivity contribution in [3.8, 4) is 23.0 Å². The molecule has 0 saturated heterocycles. The monoisotopic (exact) mass is 465 g/mol. The van der Waals surface area contributed by atoms with Crippen LogP contribution in [0, 0.1) is 13.8 Å². The van der Waals surface area contributed by atoms with E-state index in [4.69, 9.17) is 30.8 Å². The lowest BCUT2D eigenvalue weighted by Gasteiger charge is -2.10. The maximum absolute atomic E-state index is 10.9. The van der Waals surface area contributed by atoms with Crippen LogP contribution in [0.2, 0.25) is 5.02 Å². The Kier molecular flexibility index (Phi) is 6.79. The number of oxazole rings is 1. The lowest BCUT2D eigenvalue weighted by molar-refractivity contribution is -0.136. The first-order chi connectivity index (χ1) is 15.9. The van der Waals surface area contributed by atoms with E-state index in [1.165, 1.54) is 0 Å². The van der Waals surface area contributed by atoms with Gasteiger partial charge >= 0.3 is 12.0 Å². The molecule has 0 atom stereocenters. The van der Waals surface area contributed by atoms with Crippen LogP contribution < -0.4 is 4.74 Å². The summed E-state index contributed by atoms with van der Waals surface area (Å²) >= 11 is 6.05. The molecular formula is C25H24ClN3O4. The van der Waals surface area contributed by atoms with Crippen LogP contribution in [0.3, 0.4) is 0 Å². The number of aromatic nitrogens is 3. The Morgan fingerprint density at radius 2 is 1.97 bits per heavy atom. The number of carbonyl (C=O) groups is 1. The number of imidazole rings is 1. The fourth-order valence-electron chi connectivity index (χ4n) is 3.60. The van der Waals surface area contributed by atoms with Gasteiger partial charge in [-0.05, 0) is 49.6 Å². The van der Waals surface area contributed by atoms with Gasteiger partial charge in [0.15, 0.2) is 0 Å². The molecule has 1 N–H and O–H groups in total. The molecule has 33 heavy (non-hydrogen) atoms. The summed E-state index contributed by atoms with van der Waals surface area (Å²) in [4.78, 5) is 19.9. The predicted molar refractivity (Wildman–Crippen MR) is 125 cm³/mol. The molecule has 0 spiro atoms. The summed E-state index contributed by atoms with van der Waals surface area (Å²) in [5.74, 6) is 1.44. The zero-order valence-corrected chi connectivity index (χ0v) is 19.2. The van der Waals surface area contributed by atoms with Crippen LogP contribution in [0.15, 0.2) is 59.3 Å². The van der Waals surface area contributed by atoms with E-state index in [9.17, 15) is 4.79 Å². The van der Waals surface area contributed by atoms with Gasteiger partial charge in [-0.25, -0.2) is 4.98 Å². The average Bonchev–Trinajstić information content (AvgIpc) is 3.38. The molecule has 2 aromatic heterocycles. The van der Waals surface area contributed by atoms with Gasteiger partial charge in [-0.3, -0.25) is 9.36 Å². The number of hydrogen-bond donors (Lipinski definition) is 1. The average molecular weight is 466 g/mol. The number of nitrogens with zero attached hydrogens (tertiary/aromatic N) is 3. The summed E-state index contributed by atoms with van der Waals surface area (Å²) in [6.45, 7) is 4.29. The largest absolute Gasteiger partial charge is 0.493 e. The Bertz CT molecular complexity index is 1260. The zero-order valence-electron chi connectivity index (χ0n) is 18.4. The lowest BCUT2D eigenvalue weighted by Crippen LogP contribution is -2.03. The van der Waals surface area contributed by atoms with Gasteiger partial charge in [0.25, 0.3) is 0 Å². The van der Waals surface area contributed by atoms with Crippen molar-refractivity contribution in [2.75, 3.05) is 6.61 Å². The van der Waals surface area contributed by atoms with Gasteiger partial charge in [0.1, 0.15) is 23.0 Å². The van der Waals surface area contributed by atoms with E-state index >= 15 is 0 Å². The number of aryl methyl sites for hydroxylation is 3. The van der Waals surface area contributed by atoms with Crippen molar-refractivity contribution >= 4 is 17.6 Å². The standard InChI is InChI=1S/C25H24ClN3O4/c1-16-14-18(15-23(30)31)5-10-21(16)32-13-3-4-22-24(19-6-8-20(26)9-7-19)28-25(33-22)29-12-11-27-17(29)2/h5-12,14H,3-4,13,15H2,1-2H3,(H,30,31). The van der Waals surface area contributed by atoms with Gasteiger partial charge in [0, 0.05) is 29.4 Å². The Balaban J connectivity index is 1.47. The van der Waals surface area contributed by atoms with Crippen molar-refractivity contribution in [3.63, 3.8) is 0 Å². The first-order valence-corrected chi connectivity index (χ1v) is 11.0. The van der Waals surface area contributed by atoms with E-state index in [2.05, 4.69) is 4.98 Å². The van der Waals surface area contributed by atoms with Crippen LogP contribution in [-0.2, 0) is 17.6 Å². The Hall–Kier alpha value is -3.58. The second-order valence-electron chi connectivity index (χ2n) is 7.74. The molecule has 7 nitrogen and oxygen atoms in total. The summed E-state index contributed by atoms with van der Waals surface area (Å²) < 4.78 is 13.9. The van der Waals surface area contributed by atoms with Crippen molar-refractivity contribution in [2.45, 2.75) is 33.1 Å². The normalized spacial score (nSPS) is 11.0. The molecule has 0 aliphatic heterocycles. The molecule has 0 aliphatic carbocycles. The number of hydrogen-bond acceptors (Lipinski definition) is 5. The molecule has 0 unspecified atom stereocenters. The van der Waals surface area contributed by atoms with Crippen molar-refractivity contribution < 1.29 is 19.1 Å². The third-order valence-electron chi connectivity index (χ3n) is 5.24. The number of carboxylic acid groups (broad SMARTS) is 1. The van der Waals surface area contributed by atoms with Gasteiger partial charge in [-0.1, -0.05) is 35.9 Å². The van der Waals surface area contributed by atoms with E-state index in [-0.39, 0.29) is 6.42 Å². The topological polar surface area (TPSA) is 90.4 Å². The van der Waals surface area contributed by atoms with Crippen molar-refractivity contribution in [1.29, 1.82) is 0 Å². The van der Waals surface area contributed by atoms with Gasteiger partial charge in [-0.15, -0.1) is 0 Å². The number of ether oxygens (including phenoxy) is 1. The Morgan fingerprint density at radius 1 is 1.18 bits per heavy atom. The van der Waals surface area contributed by atoms with Crippen LogP contribution in [0.5, 0.6) is 5.75 Å². The molecule has 0 aliphatic rings. The first-order valence-electron chi connectivity index (χ1n) is 10.6. The molecular weight excluding hydrogens is 442 g/mol. The highest BCUT2D eigenvalue weighted by molar-refractivity contribution is 6.30. The molecule has 0 amide bonds. The van der Waals surface area contributed by atoms with E-state index in [0.29, 0.717) is 30.5 Å². The van der Waals surface area contributed by atoms with E-state index < -0.39 is 5.97 Å². The predicted octanol–water partition coefficient (Wildman–Crippen LogP) is 5.44. The quantitative estimate of drug-likeness (QED) is 0.331. The zero-order chi connectivity index (χ0) is 23.4. The molecule has 170 valence electrons. The molecule has 0 bridgehead atoms. The molecule has 8 heteroatoms. The third kappa shape index (κ3) is 5.43. The molecule has 0 fully saturated rings. The van der Waals surface area contributed by atoms with Crippen LogP contribution in [0.1, 0.15) is 29.1 Å². The van der Waals surface area contributed by atoms with E-state index in [1.807, 2.05) is 61.0 Å². The van der Waals surface area contributed by atoms with E-state index in [1.54, 1.807) is 12.3 Å². The van der Waals surface area contributed by atoms with Gasteiger partial charge in [-0.2, -0.15) is 4.98 Å². The van der Waals surface area contributed by atoms with E-state index in [0.717, 1.165) is 39.7 Å². The van der Waals surface area contributed by atoms with Crippen molar-refractivity contribution in [2.24, 2.45) is 0 Å². The highest BCUT2D eigenvalue weighted by Gasteiger charge is 2.17. The molecule has 2 aromatic carbocycles. The van der Waals surface area contributed by atoms with Crippen LogP contribution >= 0.6 is 11.6 Å². The van der Waals surface area contributed by atoms with Crippen LogP contribution in [0.25, 0.3) is 17.3 Å². The molecule has 0 saturated carbocycles. The molecule has 0 radical (unpaired) electrons. The Labute approximate surface area is 196 Å².